The van der Waals surface area contributed by atoms with Crippen LogP contribution in [0.3, 0.4) is 0 Å². The Balaban J connectivity index is 1.35. The second-order valence-corrected chi connectivity index (χ2v) is 14.1. The molecule has 2 fully saturated rings. The molecule has 2 aromatic rings. The molecule has 3 amide bonds. The van der Waals surface area contributed by atoms with E-state index in [1.807, 2.05) is 34.1 Å². The van der Waals surface area contributed by atoms with Crippen LogP contribution < -0.4 is 10.1 Å². The smallest absolute Gasteiger partial charge is 0.270 e. The minimum absolute atomic E-state index is 0.0840. The van der Waals surface area contributed by atoms with E-state index in [2.05, 4.69) is 36.0 Å². The Morgan fingerprint density at radius 1 is 1.02 bits per heavy atom. The molecule has 2 atom stereocenters. The standard InChI is InChI=1S/C34H46ClN5O5/c1-34(2,3)20-31(41)39-14-15-44-16-17-45-30-9-5-8-28(37-30)32(42)36-27-19-29(33(43)38-12-10-24(21-39)11-13-38)40(23-27)22-25-6-4-7-26(35)18-25/h4-9,18,24,27,29H,10-17,19-23H2,1-3H3,(H,36,42)/t27-,29+/m1/s1. The van der Waals surface area contributed by atoms with Crippen molar-refractivity contribution in [1.29, 1.82) is 0 Å². The molecule has 6 rings (SSSR count). The SMILES string of the molecule is CC(C)(C)CC(=O)N1CCOCCOc2cccc(n2)C(=O)N[C@@H]2C[C@@H](C(=O)N3CCC(CC3)C1)N(Cc1cccc(Cl)c1)C2. The van der Waals surface area contributed by atoms with Crippen LogP contribution in [0.2, 0.25) is 5.02 Å². The van der Waals surface area contributed by atoms with Gasteiger partial charge in [0.05, 0.1) is 19.3 Å². The third-order valence-electron chi connectivity index (χ3n) is 8.68. The van der Waals surface area contributed by atoms with Crippen molar-refractivity contribution in [3.8, 4) is 5.88 Å². The molecule has 0 radical (unpaired) electrons. The van der Waals surface area contributed by atoms with Crippen molar-refractivity contribution < 1.29 is 23.9 Å². The van der Waals surface area contributed by atoms with Gasteiger partial charge in [0.25, 0.3) is 5.91 Å². The summed E-state index contributed by atoms with van der Waals surface area (Å²) in [6.07, 6.45) is 2.64. The number of fused-ring (bicyclic) bond motifs is 10. The van der Waals surface area contributed by atoms with E-state index in [0.717, 1.165) is 18.4 Å². The van der Waals surface area contributed by atoms with Crippen molar-refractivity contribution in [2.45, 2.75) is 65.1 Å². The lowest BCUT2D eigenvalue weighted by Gasteiger charge is -2.37. The summed E-state index contributed by atoms with van der Waals surface area (Å²) in [4.78, 5) is 51.1. The first-order valence-corrected chi connectivity index (χ1v) is 16.5. The lowest BCUT2D eigenvalue weighted by molar-refractivity contribution is -0.139. The van der Waals surface area contributed by atoms with Crippen molar-refractivity contribution in [2.75, 3.05) is 52.5 Å². The Bertz CT molecular complexity index is 1340. The quantitative estimate of drug-likeness (QED) is 0.506. The minimum atomic E-state index is -0.371. The predicted molar refractivity (Wildman–Crippen MR) is 172 cm³/mol. The molecule has 6 bridgehead atoms. The number of amides is 3. The highest BCUT2D eigenvalue weighted by atomic mass is 35.5. The summed E-state index contributed by atoms with van der Waals surface area (Å²) < 4.78 is 11.6. The van der Waals surface area contributed by atoms with Gasteiger partial charge in [-0.05, 0) is 54.4 Å². The molecule has 10 nitrogen and oxygen atoms in total. The number of halogens is 1. The van der Waals surface area contributed by atoms with Crippen LogP contribution in [0, 0.1) is 11.3 Å². The maximum absolute atomic E-state index is 14.0. The number of pyridine rings is 1. The van der Waals surface area contributed by atoms with Gasteiger partial charge in [0.1, 0.15) is 12.3 Å². The maximum atomic E-state index is 14.0. The number of nitrogens with zero attached hydrogens (tertiary/aromatic N) is 4. The molecule has 1 aromatic carbocycles. The molecule has 45 heavy (non-hydrogen) atoms. The molecular weight excluding hydrogens is 594 g/mol. The molecule has 11 heteroatoms. The molecule has 0 aliphatic carbocycles. The van der Waals surface area contributed by atoms with Gasteiger partial charge in [-0.1, -0.05) is 50.6 Å². The molecule has 4 aliphatic rings. The van der Waals surface area contributed by atoms with Gasteiger partial charge < -0.3 is 24.6 Å². The van der Waals surface area contributed by atoms with E-state index >= 15 is 0 Å². The number of carbonyl (C=O) groups is 3. The Morgan fingerprint density at radius 2 is 1.80 bits per heavy atom. The van der Waals surface area contributed by atoms with Crippen LogP contribution in [0.1, 0.15) is 62.5 Å². The van der Waals surface area contributed by atoms with E-state index in [9.17, 15) is 14.4 Å². The van der Waals surface area contributed by atoms with Crippen LogP contribution in [-0.2, 0) is 20.9 Å². The zero-order chi connectivity index (χ0) is 32.0. The fraction of sp³-hybridized carbons (Fsp3) is 0.588. The van der Waals surface area contributed by atoms with Gasteiger partial charge in [0.15, 0.2) is 0 Å². The summed E-state index contributed by atoms with van der Waals surface area (Å²) in [5.41, 5.74) is 1.16. The van der Waals surface area contributed by atoms with Gasteiger partial charge >= 0.3 is 0 Å². The number of hydrogen-bond acceptors (Lipinski definition) is 7. The van der Waals surface area contributed by atoms with Crippen LogP contribution in [0.4, 0.5) is 0 Å². The van der Waals surface area contributed by atoms with Crippen molar-refractivity contribution in [2.24, 2.45) is 11.3 Å². The average Bonchev–Trinajstić information content (AvgIpc) is 3.38. The number of carbonyl (C=O) groups excluding carboxylic acids is 3. The highest BCUT2D eigenvalue weighted by molar-refractivity contribution is 6.30. The van der Waals surface area contributed by atoms with Gasteiger partial charge in [-0.3, -0.25) is 19.3 Å². The number of aromatic nitrogens is 1. The summed E-state index contributed by atoms with van der Waals surface area (Å²) in [6.45, 7) is 10.8. The van der Waals surface area contributed by atoms with Gasteiger partial charge in [-0.25, -0.2) is 4.98 Å². The molecule has 1 aromatic heterocycles. The van der Waals surface area contributed by atoms with E-state index in [4.69, 9.17) is 21.1 Å². The normalized spacial score (nSPS) is 24.1. The van der Waals surface area contributed by atoms with E-state index in [0.29, 0.717) is 82.1 Å². The summed E-state index contributed by atoms with van der Waals surface area (Å²) in [5.74, 6) is 0.563. The Hall–Kier alpha value is -3.21. The first kappa shape index (κ1) is 33.2. The van der Waals surface area contributed by atoms with Crippen LogP contribution in [0.15, 0.2) is 42.5 Å². The number of likely N-dealkylation sites (tertiary alicyclic amines) is 1. The molecule has 4 aliphatic heterocycles. The van der Waals surface area contributed by atoms with Crippen LogP contribution in [0.25, 0.3) is 0 Å². The van der Waals surface area contributed by atoms with Gasteiger partial charge in [-0.2, -0.15) is 0 Å². The molecule has 0 unspecified atom stereocenters. The number of piperidine rings is 1. The zero-order valence-electron chi connectivity index (χ0n) is 26.7. The van der Waals surface area contributed by atoms with Crippen LogP contribution in [0.5, 0.6) is 5.88 Å². The predicted octanol–water partition coefficient (Wildman–Crippen LogP) is 4.02. The molecule has 0 spiro atoms. The van der Waals surface area contributed by atoms with Gasteiger partial charge in [0, 0.05) is 62.8 Å². The van der Waals surface area contributed by atoms with E-state index in [1.165, 1.54) is 0 Å². The number of ether oxygens (including phenoxy) is 2. The molecular formula is C34H46ClN5O5. The van der Waals surface area contributed by atoms with Crippen molar-refractivity contribution >= 4 is 29.3 Å². The summed E-state index contributed by atoms with van der Waals surface area (Å²) >= 11 is 6.28. The third kappa shape index (κ3) is 9.40. The van der Waals surface area contributed by atoms with Gasteiger partial charge in [0.2, 0.25) is 17.7 Å². The number of benzene rings is 1. The Labute approximate surface area is 271 Å². The highest BCUT2D eigenvalue weighted by Crippen LogP contribution is 2.28. The lowest BCUT2D eigenvalue weighted by Crippen LogP contribution is -2.49. The largest absolute Gasteiger partial charge is 0.475 e. The van der Waals surface area contributed by atoms with E-state index in [1.54, 1.807) is 18.2 Å². The van der Waals surface area contributed by atoms with E-state index in [-0.39, 0.29) is 47.5 Å². The molecule has 2 saturated heterocycles. The summed E-state index contributed by atoms with van der Waals surface area (Å²) in [7, 11) is 0. The number of nitrogens with one attached hydrogen (secondary N) is 1. The first-order valence-electron chi connectivity index (χ1n) is 16.1. The molecule has 0 saturated carbocycles. The van der Waals surface area contributed by atoms with Gasteiger partial charge in [-0.15, -0.1) is 0 Å². The number of rotatable bonds is 3. The maximum Gasteiger partial charge on any atom is 0.270 e. The second kappa shape index (κ2) is 14.9. The van der Waals surface area contributed by atoms with Crippen LogP contribution >= 0.6 is 11.6 Å². The third-order valence-corrected chi connectivity index (χ3v) is 8.91. The fourth-order valence-corrected chi connectivity index (χ4v) is 6.63. The van der Waals surface area contributed by atoms with Crippen molar-refractivity contribution in [1.82, 2.24) is 25.0 Å². The highest BCUT2D eigenvalue weighted by Gasteiger charge is 2.40. The fourth-order valence-electron chi connectivity index (χ4n) is 6.41. The Morgan fingerprint density at radius 3 is 2.56 bits per heavy atom. The summed E-state index contributed by atoms with van der Waals surface area (Å²) in [6, 6.07) is 12.2. The van der Waals surface area contributed by atoms with Crippen molar-refractivity contribution in [3.63, 3.8) is 0 Å². The monoisotopic (exact) mass is 639 g/mol. The van der Waals surface area contributed by atoms with Crippen LogP contribution in [-0.4, -0.2) is 102 Å². The first-order chi connectivity index (χ1) is 21.5. The van der Waals surface area contributed by atoms with E-state index < -0.39 is 0 Å². The second-order valence-electron chi connectivity index (χ2n) is 13.6. The lowest BCUT2D eigenvalue weighted by atomic mass is 9.90. The average molecular weight is 640 g/mol. The topological polar surface area (TPSA) is 104 Å². The van der Waals surface area contributed by atoms with Crippen molar-refractivity contribution in [3.05, 3.63) is 58.7 Å². The summed E-state index contributed by atoms with van der Waals surface area (Å²) in [5, 5.41) is 3.76. The molecule has 5 heterocycles. The minimum Gasteiger partial charge on any atom is -0.475 e. The molecule has 1 N–H and O–H groups in total. The molecule has 244 valence electrons. The Kier molecular flexibility index (Phi) is 11.0. The zero-order valence-corrected chi connectivity index (χ0v) is 27.4. The number of hydrogen-bond donors (Lipinski definition) is 1.